The van der Waals surface area contributed by atoms with Gasteiger partial charge in [0.1, 0.15) is 17.1 Å². The largest absolute Gasteiger partial charge is 0.547 e. The molecule has 0 spiro atoms. The van der Waals surface area contributed by atoms with Crippen molar-refractivity contribution >= 4 is 24.8 Å². The molecule has 1 aliphatic heterocycles. The van der Waals surface area contributed by atoms with Gasteiger partial charge in [-0.15, -0.1) is 0 Å². The monoisotopic (exact) mass is 375 g/mol. The molecule has 0 radical (unpaired) electrons. The van der Waals surface area contributed by atoms with Crippen LogP contribution in [-0.2, 0) is 20.7 Å². The van der Waals surface area contributed by atoms with Crippen molar-refractivity contribution in [1.82, 2.24) is 5.32 Å². The summed E-state index contributed by atoms with van der Waals surface area (Å²) in [6.07, 6.45) is 3.06. The fraction of sp³-hybridized carbons (Fsp3) is 0.526. The molecule has 0 saturated heterocycles. The zero-order valence-corrected chi connectivity index (χ0v) is 15.8. The molecule has 146 valence electrons. The first-order valence-electron chi connectivity index (χ1n) is 9.35. The van der Waals surface area contributed by atoms with Crippen molar-refractivity contribution in [2.24, 2.45) is 0 Å². The number of ether oxygens (including phenoxy) is 1. The summed E-state index contributed by atoms with van der Waals surface area (Å²) in [4.78, 5) is 35.2. The van der Waals surface area contributed by atoms with Crippen molar-refractivity contribution in [1.29, 1.82) is 0 Å². The molecule has 1 amide bonds. The molecule has 0 fully saturated rings. The van der Waals surface area contributed by atoms with Crippen LogP contribution in [0.25, 0.3) is 0 Å². The summed E-state index contributed by atoms with van der Waals surface area (Å²) >= 11 is 0. The molecule has 27 heavy (non-hydrogen) atoms. The van der Waals surface area contributed by atoms with E-state index in [-0.39, 0.29) is 23.7 Å². The van der Waals surface area contributed by atoms with Crippen molar-refractivity contribution < 1.29 is 28.8 Å². The summed E-state index contributed by atoms with van der Waals surface area (Å²) in [5.74, 6) is -1.01. The van der Waals surface area contributed by atoms with Crippen LogP contribution in [0.3, 0.4) is 0 Å². The van der Waals surface area contributed by atoms with Crippen LogP contribution in [0.2, 0.25) is 0 Å². The van der Waals surface area contributed by atoms with E-state index in [1.807, 2.05) is 6.92 Å². The third-order valence-electron chi connectivity index (χ3n) is 4.35. The second-order valence-corrected chi connectivity index (χ2v) is 6.73. The molecule has 1 atom stereocenters. The molecule has 1 aromatic rings. The Morgan fingerprint density at radius 1 is 1.30 bits per heavy atom. The molecule has 7 nitrogen and oxygen atoms in total. The summed E-state index contributed by atoms with van der Waals surface area (Å²) in [5.41, 5.74) is 0.994. The molecule has 0 bridgehead atoms. The number of Topliss-reactive ketones (excluding diaryl/α,β-unsaturated/α-hetero) is 1. The van der Waals surface area contributed by atoms with Crippen molar-refractivity contribution in [2.45, 2.75) is 58.3 Å². The van der Waals surface area contributed by atoms with Crippen LogP contribution in [0, 0.1) is 0 Å². The fourth-order valence-electron chi connectivity index (χ4n) is 2.87. The first-order chi connectivity index (χ1) is 12.9. The second kappa shape index (κ2) is 10.1. The van der Waals surface area contributed by atoms with Crippen molar-refractivity contribution in [3.63, 3.8) is 0 Å². The van der Waals surface area contributed by atoms with Crippen LogP contribution in [0.1, 0.15) is 61.9 Å². The Balaban J connectivity index is 2.00. The Bertz CT molecular complexity index is 693. The van der Waals surface area contributed by atoms with E-state index in [2.05, 4.69) is 5.32 Å². The minimum atomic E-state index is -1.26. The number of hydrogen-bond acceptors (Lipinski definition) is 6. The highest BCUT2D eigenvalue weighted by Gasteiger charge is 2.37. The van der Waals surface area contributed by atoms with Gasteiger partial charge in [-0.05, 0) is 37.8 Å². The number of para-hydroxylation sites is 1. The number of benzene rings is 1. The van der Waals surface area contributed by atoms with Crippen molar-refractivity contribution in [3.8, 4) is 5.75 Å². The highest BCUT2D eigenvalue weighted by molar-refractivity contribution is 6.47. The predicted octanol–water partition coefficient (Wildman–Crippen LogP) is 1.84. The number of hydrogen-bond donors (Lipinski definition) is 2. The van der Waals surface area contributed by atoms with Gasteiger partial charge in [0.2, 0.25) is 5.91 Å². The van der Waals surface area contributed by atoms with Gasteiger partial charge in [0.15, 0.2) is 0 Å². The van der Waals surface area contributed by atoms with E-state index >= 15 is 0 Å². The second-order valence-electron chi connectivity index (χ2n) is 6.73. The maximum Gasteiger partial charge on any atom is 0.547 e. The van der Waals surface area contributed by atoms with Crippen molar-refractivity contribution in [3.05, 3.63) is 29.3 Å². The van der Waals surface area contributed by atoms with Crippen LogP contribution in [-0.4, -0.2) is 42.4 Å². The number of carbonyl (C=O) groups excluding carboxylic acids is 3. The first-order valence-corrected chi connectivity index (χ1v) is 9.35. The minimum absolute atomic E-state index is 0.0381. The van der Waals surface area contributed by atoms with Gasteiger partial charge in [-0.25, -0.2) is 4.79 Å². The average molecular weight is 375 g/mol. The SMILES string of the molecule is CCCCOC(=O)c1cccc2c1OB(O)C(NC(=O)CCCC(C)=O)C2. The maximum atomic E-state index is 12.2. The van der Waals surface area contributed by atoms with Crippen LogP contribution >= 0.6 is 0 Å². The molecule has 0 aliphatic carbocycles. The molecule has 1 heterocycles. The van der Waals surface area contributed by atoms with Gasteiger partial charge >= 0.3 is 13.1 Å². The van der Waals surface area contributed by atoms with E-state index in [4.69, 9.17) is 9.39 Å². The molecule has 1 unspecified atom stereocenters. The van der Waals surface area contributed by atoms with Gasteiger partial charge in [-0.3, -0.25) is 4.79 Å². The number of amides is 1. The third-order valence-corrected chi connectivity index (χ3v) is 4.35. The van der Waals surface area contributed by atoms with Gasteiger partial charge in [-0.1, -0.05) is 25.5 Å². The molecule has 1 aliphatic rings. The molecule has 8 heteroatoms. The third kappa shape index (κ3) is 6.10. The first kappa shape index (κ1) is 21.0. The number of unbranched alkanes of at least 4 members (excludes halogenated alkanes) is 1. The lowest BCUT2D eigenvalue weighted by atomic mass is 9.72. The zero-order valence-electron chi connectivity index (χ0n) is 15.8. The molecule has 1 aromatic carbocycles. The fourth-order valence-corrected chi connectivity index (χ4v) is 2.87. The lowest BCUT2D eigenvalue weighted by Crippen LogP contribution is -2.53. The minimum Gasteiger partial charge on any atom is -0.534 e. The Kier molecular flexibility index (Phi) is 7.85. The number of ketones is 1. The van der Waals surface area contributed by atoms with Crippen LogP contribution in [0.15, 0.2) is 18.2 Å². The highest BCUT2D eigenvalue weighted by atomic mass is 16.5. The summed E-state index contributed by atoms with van der Waals surface area (Å²) in [5, 5.41) is 13.0. The lowest BCUT2D eigenvalue weighted by Gasteiger charge is -2.29. The summed E-state index contributed by atoms with van der Waals surface area (Å²) < 4.78 is 10.8. The van der Waals surface area contributed by atoms with Gasteiger partial charge in [0.25, 0.3) is 0 Å². The normalized spacial score (nSPS) is 15.5. The topological polar surface area (TPSA) is 102 Å². The lowest BCUT2D eigenvalue weighted by molar-refractivity contribution is -0.121. The molecular formula is C19H26BNO6. The van der Waals surface area contributed by atoms with Crippen molar-refractivity contribution in [2.75, 3.05) is 6.61 Å². The molecule has 0 aromatic heterocycles. The average Bonchev–Trinajstić information content (AvgIpc) is 2.61. The molecule has 2 N–H and O–H groups in total. The van der Waals surface area contributed by atoms with Crippen LogP contribution < -0.4 is 9.97 Å². The highest BCUT2D eigenvalue weighted by Crippen LogP contribution is 2.30. The molecule has 0 saturated carbocycles. The van der Waals surface area contributed by atoms with E-state index in [0.717, 1.165) is 18.4 Å². The smallest absolute Gasteiger partial charge is 0.534 e. The number of esters is 1. The van der Waals surface area contributed by atoms with E-state index in [0.29, 0.717) is 31.6 Å². The Hall–Kier alpha value is -2.35. The summed E-state index contributed by atoms with van der Waals surface area (Å²) in [6.45, 7) is 3.82. The predicted molar refractivity (Wildman–Crippen MR) is 100 cm³/mol. The maximum absolute atomic E-state index is 12.2. The Morgan fingerprint density at radius 2 is 2.07 bits per heavy atom. The Morgan fingerprint density at radius 3 is 2.78 bits per heavy atom. The van der Waals surface area contributed by atoms with E-state index in [1.165, 1.54) is 6.92 Å². The van der Waals surface area contributed by atoms with E-state index < -0.39 is 19.0 Å². The van der Waals surface area contributed by atoms with Gasteiger partial charge in [-0.2, -0.15) is 0 Å². The van der Waals surface area contributed by atoms with Gasteiger partial charge < -0.3 is 24.5 Å². The standard InChI is InChI=1S/C19H26BNO6/c1-3-4-11-26-19(24)15-9-6-8-14-12-16(20(25)27-18(14)15)21-17(23)10-5-7-13(2)22/h6,8-9,16,25H,3-5,7,10-12H2,1-2H3,(H,21,23). The molecule has 2 rings (SSSR count). The van der Waals surface area contributed by atoms with E-state index in [9.17, 15) is 19.4 Å². The quantitative estimate of drug-likeness (QED) is 0.388. The van der Waals surface area contributed by atoms with Gasteiger partial charge in [0.05, 0.1) is 12.5 Å². The number of rotatable bonds is 9. The summed E-state index contributed by atoms with van der Waals surface area (Å²) in [6, 6.07) is 5.11. The molecular weight excluding hydrogens is 349 g/mol. The number of nitrogens with one attached hydrogen (secondary N) is 1. The van der Waals surface area contributed by atoms with E-state index in [1.54, 1.807) is 18.2 Å². The zero-order chi connectivity index (χ0) is 19.8. The van der Waals surface area contributed by atoms with Gasteiger partial charge in [0, 0.05) is 12.8 Å². The van der Waals surface area contributed by atoms with Crippen LogP contribution in [0.4, 0.5) is 0 Å². The summed E-state index contributed by atoms with van der Waals surface area (Å²) in [7, 11) is -1.26. The number of carbonyl (C=O) groups is 3. The number of fused-ring (bicyclic) bond motifs is 1. The van der Waals surface area contributed by atoms with Crippen LogP contribution in [0.5, 0.6) is 5.75 Å². The Labute approximate surface area is 159 Å².